The quantitative estimate of drug-likeness (QED) is 0.866. The minimum Gasteiger partial charge on any atom is -0.506 e. The number of piperazine rings is 1. The SMILES string of the molecule is O=C(CCBr)N1CCN(c2ccccc2O)CC1. The van der Waals surface area contributed by atoms with Gasteiger partial charge in [0.15, 0.2) is 0 Å². The van der Waals surface area contributed by atoms with Crippen LogP contribution in [0.3, 0.4) is 0 Å². The molecule has 1 aromatic rings. The molecule has 0 aliphatic carbocycles. The number of phenols is 1. The summed E-state index contributed by atoms with van der Waals surface area (Å²) in [7, 11) is 0. The van der Waals surface area contributed by atoms with E-state index in [0.29, 0.717) is 17.5 Å². The van der Waals surface area contributed by atoms with Gasteiger partial charge in [0.25, 0.3) is 0 Å². The number of anilines is 1. The van der Waals surface area contributed by atoms with E-state index in [4.69, 9.17) is 0 Å². The second-order valence-electron chi connectivity index (χ2n) is 4.30. The van der Waals surface area contributed by atoms with E-state index in [2.05, 4.69) is 20.8 Å². The summed E-state index contributed by atoms with van der Waals surface area (Å²) in [6.07, 6.45) is 0.552. The summed E-state index contributed by atoms with van der Waals surface area (Å²) in [6.45, 7) is 2.98. The molecule has 2 rings (SSSR count). The lowest BCUT2D eigenvalue weighted by Gasteiger charge is -2.36. The molecule has 1 aliphatic heterocycles. The van der Waals surface area contributed by atoms with Gasteiger partial charge in [-0.25, -0.2) is 0 Å². The van der Waals surface area contributed by atoms with Gasteiger partial charge in [-0.05, 0) is 12.1 Å². The standard InChI is InChI=1S/C13H17BrN2O2/c14-6-5-13(18)16-9-7-15(8-10-16)11-3-1-2-4-12(11)17/h1-4,17H,5-10H2. The molecule has 1 aliphatic rings. The summed E-state index contributed by atoms with van der Waals surface area (Å²) < 4.78 is 0. The van der Waals surface area contributed by atoms with Gasteiger partial charge >= 0.3 is 0 Å². The first-order valence-corrected chi connectivity index (χ1v) is 7.21. The van der Waals surface area contributed by atoms with Gasteiger partial charge in [-0.3, -0.25) is 4.79 Å². The highest BCUT2D eigenvalue weighted by atomic mass is 79.9. The van der Waals surface area contributed by atoms with Crippen molar-refractivity contribution in [3.8, 4) is 5.75 Å². The maximum atomic E-state index is 11.7. The molecule has 98 valence electrons. The van der Waals surface area contributed by atoms with Gasteiger partial charge in [-0.15, -0.1) is 0 Å². The lowest BCUT2D eigenvalue weighted by atomic mass is 10.2. The van der Waals surface area contributed by atoms with E-state index in [1.807, 2.05) is 23.1 Å². The minimum atomic E-state index is 0.198. The Morgan fingerprint density at radius 3 is 2.50 bits per heavy atom. The molecule has 0 radical (unpaired) electrons. The maximum absolute atomic E-state index is 11.7. The number of alkyl halides is 1. The van der Waals surface area contributed by atoms with Crippen LogP contribution in [-0.4, -0.2) is 47.4 Å². The van der Waals surface area contributed by atoms with Crippen molar-refractivity contribution in [1.29, 1.82) is 0 Å². The first kappa shape index (κ1) is 13.2. The molecular formula is C13H17BrN2O2. The topological polar surface area (TPSA) is 43.8 Å². The maximum Gasteiger partial charge on any atom is 0.223 e. The molecule has 1 fully saturated rings. The largest absolute Gasteiger partial charge is 0.506 e. The highest BCUT2D eigenvalue weighted by Gasteiger charge is 2.21. The van der Waals surface area contributed by atoms with Gasteiger partial charge in [0.05, 0.1) is 5.69 Å². The van der Waals surface area contributed by atoms with Crippen molar-refractivity contribution in [2.45, 2.75) is 6.42 Å². The Labute approximate surface area is 115 Å². The summed E-state index contributed by atoms with van der Waals surface area (Å²) in [5.74, 6) is 0.501. The zero-order valence-electron chi connectivity index (χ0n) is 10.2. The molecule has 0 atom stereocenters. The van der Waals surface area contributed by atoms with Crippen molar-refractivity contribution >= 4 is 27.5 Å². The van der Waals surface area contributed by atoms with Crippen molar-refractivity contribution in [1.82, 2.24) is 4.90 Å². The van der Waals surface area contributed by atoms with Crippen LogP contribution in [0.2, 0.25) is 0 Å². The number of halogens is 1. The molecule has 1 heterocycles. The third-order valence-electron chi connectivity index (χ3n) is 3.16. The fourth-order valence-corrected chi connectivity index (χ4v) is 2.51. The Morgan fingerprint density at radius 1 is 1.22 bits per heavy atom. The van der Waals surface area contributed by atoms with Crippen molar-refractivity contribution in [2.75, 3.05) is 36.4 Å². The summed E-state index contributed by atoms with van der Waals surface area (Å²) in [5, 5.41) is 10.5. The fourth-order valence-electron chi connectivity index (χ4n) is 2.17. The van der Waals surface area contributed by atoms with Crippen molar-refractivity contribution in [2.24, 2.45) is 0 Å². The number of hydrogen-bond donors (Lipinski definition) is 1. The number of para-hydroxylation sites is 2. The molecule has 0 saturated carbocycles. The molecule has 5 heteroatoms. The number of carbonyl (C=O) groups is 1. The molecule has 0 aromatic heterocycles. The van der Waals surface area contributed by atoms with Crippen LogP contribution < -0.4 is 4.90 Å². The van der Waals surface area contributed by atoms with E-state index in [1.165, 1.54) is 0 Å². The summed E-state index contributed by atoms with van der Waals surface area (Å²) in [5.41, 5.74) is 0.852. The predicted octanol–water partition coefficient (Wildman–Crippen LogP) is 1.83. The van der Waals surface area contributed by atoms with Crippen molar-refractivity contribution in [3.63, 3.8) is 0 Å². The van der Waals surface area contributed by atoms with Gasteiger partial charge < -0.3 is 14.9 Å². The van der Waals surface area contributed by atoms with Crippen molar-refractivity contribution in [3.05, 3.63) is 24.3 Å². The number of aromatic hydroxyl groups is 1. The Balaban J connectivity index is 1.95. The van der Waals surface area contributed by atoms with Crippen molar-refractivity contribution < 1.29 is 9.90 Å². The van der Waals surface area contributed by atoms with Crippen LogP contribution in [0.15, 0.2) is 24.3 Å². The minimum absolute atomic E-state index is 0.198. The number of hydrogen-bond acceptors (Lipinski definition) is 3. The van der Waals surface area contributed by atoms with Crippen LogP contribution in [-0.2, 0) is 4.79 Å². The first-order chi connectivity index (χ1) is 8.72. The number of phenolic OH excluding ortho intramolecular Hbond substituents is 1. The Hall–Kier alpha value is -1.23. The van der Waals surface area contributed by atoms with E-state index >= 15 is 0 Å². The smallest absolute Gasteiger partial charge is 0.223 e. The van der Waals surface area contributed by atoms with E-state index in [-0.39, 0.29) is 5.91 Å². The normalized spacial score (nSPS) is 15.8. The number of benzene rings is 1. The van der Waals surface area contributed by atoms with Gasteiger partial charge in [0.2, 0.25) is 5.91 Å². The van der Waals surface area contributed by atoms with Crippen LogP contribution in [0, 0.1) is 0 Å². The van der Waals surface area contributed by atoms with Gasteiger partial charge in [-0.1, -0.05) is 28.1 Å². The van der Waals surface area contributed by atoms with E-state index in [0.717, 1.165) is 31.9 Å². The first-order valence-electron chi connectivity index (χ1n) is 6.09. The highest BCUT2D eigenvalue weighted by Crippen LogP contribution is 2.27. The Kier molecular flexibility index (Phi) is 4.47. The number of nitrogens with zero attached hydrogens (tertiary/aromatic N) is 2. The molecule has 1 aromatic carbocycles. The zero-order chi connectivity index (χ0) is 13.0. The average molecular weight is 313 g/mol. The predicted molar refractivity (Wildman–Crippen MR) is 75.3 cm³/mol. The lowest BCUT2D eigenvalue weighted by molar-refractivity contribution is -0.131. The summed E-state index contributed by atoms with van der Waals surface area (Å²) >= 11 is 3.28. The van der Waals surface area contributed by atoms with Crippen LogP contribution >= 0.6 is 15.9 Å². The molecule has 1 N–H and O–H groups in total. The van der Waals surface area contributed by atoms with Crippen LogP contribution in [0.5, 0.6) is 5.75 Å². The zero-order valence-corrected chi connectivity index (χ0v) is 11.8. The summed E-state index contributed by atoms with van der Waals surface area (Å²) in [4.78, 5) is 15.7. The third kappa shape index (κ3) is 2.96. The van der Waals surface area contributed by atoms with E-state index in [9.17, 15) is 9.90 Å². The molecule has 1 saturated heterocycles. The van der Waals surface area contributed by atoms with Crippen LogP contribution in [0.1, 0.15) is 6.42 Å². The van der Waals surface area contributed by atoms with Gasteiger partial charge in [0.1, 0.15) is 5.75 Å². The second kappa shape index (κ2) is 6.09. The number of carbonyl (C=O) groups excluding carboxylic acids is 1. The lowest BCUT2D eigenvalue weighted by Crippen LogP contribution is -2.48. The fraction of sp³-hybridized carbons (Fsp3) is 0.462. The number of amides is 1. The Morgan fingerprint density at radius 2 is 1.89 bits per heavy atom. The molecule has 0 bridgehead atoms. The van der Waals surface area contributed by atoms with E-state index in [1.54, 1.807) is 6.07 Å². The third-order valence-corrected chi connectivity index (χ3v) is 3.56. The van der Waals surface area contributed by atoms with Crippen LogP contribution in [0.4, 0.5) is 5.69 Å². The molecule has 4 nitrogen and oxygen atoms in total. The number of rotatable bonds is 3. The molecule has 18 heavy (non-hydrogen) atoms. The molecular weight excluding hydrogens is 296 g/mol. The molecule has 0 spiro atoms. The Bertz CT molecular complexity index is 417. The second-order valence-corrected chi connectivity index (χ2v) is 5.09. The average Bonchev–Trinajstić information content (AvgIpc) is 2.40. The van der Waals surface area contributed by atoms with E-state index < -0.39 is 0 Å². The monoisotopic (exact) mass is 312 g/mol. The molecule has 0 unspecified atom stereocenters. The summed E-state index contributed by atoms with van der Waals surface area (Å²) in [6, 6.07) is 7.33. The van der Waals surface area contributed by atoms with Crippen LogP contribution in [0.25, 0.3) is 0 Å². The van der Waals surface area contributed by atoms with Gasteiger partial charge in [0, 0.05) is 37.9 Å². The van der Waals surface area contributed by atoms with Gasteiger partial charge in [-0.2, -0.15) is 0 Å². The molecule has 1 amide bonds. The highest BCUT2D eigenvalue weighted by molar-refractivity contribution is 9.09.